The molecule has 0 radical (unpaired) electrons. The fraction of sp³-hybridized carbons (Fsp3) is 0.783. The predicted octanol–water partition coefficient (Wildman–Crippen LogP) is 3.99. The molecule has 0 aromatic carbocycles. The summed E-state index contributed by atoms with van der Waals surface area (Å²) in [5, 5.41) is 21.5. The summed E-state index contributed by atoms with van der Waals surface area (Å²) in [4.78, 5) is 10.9. The first kappa shape index (κ1) is 25.9. The van der Waals surface area contributed by atoms with Crippen molar-refractivity contribution < 1.29 is 19.5 Å². The van der Waals surface area contributed by atoms with Crippen molar-refractivity contribution in [3.63, 3.8) is 0 Å². The van der Waals surface area contributed by atoms with Gasteiger partial charge in [-0.05, 0) is 18.9 Å². The Bertz CT molecular complexity index is 437. The van der Waals surface area contributed by atoms with Crippen molar-refractivity contribution in [3.8, 4) is 0 Å². The first-order valence-corrected chi connectivity index (χ1v) is 10.8. The van der Waals surface area contributed by atoms with Crippen LogP contribution in [0.2, 0.25) is 0 Å². The molecule has 1 N–H and O–H groups in total. The number of carbonyl (C=O) groups is 1. The van der Waals surface area contributed by atoms with Gasteiger partial charge in [0.2, 0.25) is 0 Å². The molecule has 0 aromatic rings. The number of unbranched alkanes of at least 4 members (excludes halogenated alkanes) is 10. The molecule has 0 aromatic heterocycles. The van der Waals surface area contributed by atoms with E-state index in [0.29, 0.717) is 11.0 Å². The summed E-state index contributed by atoms with van der Waals surface area (Å²) in [5.74, 6) is -1.23. The topological polar surface area (TPSA) is 60.4 Å². The van der Waals surface area contributed by atoms with Crippen molar-refractivity contribution in [2.45, 2.75) is 89.6 Å². The fourth-order valence-electron chi connectivity index (χ4n) is 3.40. The summed E-state index contributed by atoms with van der Waals surface area (Å²) >= 11 is 0. The molecule has 0 rings (SSSR count). The number of carboxylic acids is 1. The van der Waals surface area contributed by atoms with Crippen LogP contribution in [0.25, 0.3) is 0 Å². The summed E-state index contributed by atoms with van der Waals surface area (Å²) in [7, 11) is 5.78. The van der Waals surface area contributed by atoms with Gasteiger partial charge in [-0.2, -0.15) is 0 Å². The highest BCUT2D eigenvalue weighted by Gasteiger charge is 2.30. The summed E-state index contributed by atoms with van der Waals surface area (Å²) in [6.07, 6.45) is 21.3. The molecule has 0 aliphatic carbocycles. The van der Waals surface area contributed by atoms with Crippen molar-refractivity contribution in [1.82, 2.24) is 0 Å². The Kier molecular flexibility index (Phi) is 14.2. The molecular weight excluding hydrogens is 338 g/mol. The largest absolute Gasteiger partial charge is 0.550 e. The molecule has 0 unspecified atom stereocenters. The van der Waals surface area contributed by atoms with E-state index in [1.165, 1.54) is 64.2 Å². The summed E-state index contributed by atoms with van der Waals surface area (Å²) in [5.41, 5.74) is -1.38. The minimum absolute atomic E-state index is 0.323. The molecule has 0 saturated heterocycles. The number of carbonyl (C=O) groups excluding carboxylic acids is 1. The second-order valence-corrected chi connectivity index (χ2v) is 8.86. The average molecular weight is 382 g/mol. The van der Waals surface area contributed by atoms with Gasteiger partial charge in [0.1, 0.15) is 12.1 Å². The molecule has 4 heteroatoms. The second-order valence-electron chi connectivity index (χ2n) is 8.86. The van der Waals surface area contributed by atoms with Gasteiger partial charge in [0.15, 0.2) is 0 Å². The van der Waals surface area contributed by atoms with E-state index < -0.39 is 11.6 Å². The minimum Gasteiger partial charge on any atom is -0.550 e. The van der Waals surface area contributed by atoms with E-state index in [1.807, 2.05) is 27.2 Å². The number of likely N-dealkylation sites (N-methyl/N-ethyl adjacent to an activating group) is 1. The number of hydrogen-bond donors (Lipinski definition) is 1. The van der Waals surface area contributed by atoms with E-state index in [9.17, 15) is 15.0 Å². The number of hydrogen-bond acceptors (Lipinski definition) is 3. The highest BCUT2D eigenvalue weighted by Crippen LogP contribution is 2.16. The van der Waals surface area contributed by atoms with E-state index in [0.717, 1.165) is 6.42 Å². The molecule has 1 atom stereocenters. The lowest BCUT2D eigenvalue weighted by Crippen LogP contribution is -2.50. The molecule has 27 heavy (non-hydrogen) atoms. The van der Waals surface area contributed by atoms with Crippen molar-refractivity contribution >= 4 is 5.97 Å². The van der Waals surface area contributed by atoms with Crippen LogP contribution in [0.15, 0.2) is 24.3 Å². The zero-order chi connectivity index (χ0) is 20.6. The highest BCUT2D eigenvalue weighted by molar-refractivity contribution is 5.66. The van der Waals surface area contributed by atoms with Crippen LogP contribution in [0.4, 0.5) is 0 Å². The average Bonchev–Trinajstić information content (AvgIpc) is 2.52. The molecule has 0 fully saturated rings. The van der Waals surface area contributed by atoms with Crippen LogP contribution in [-0.4, -0.2) is 48.8 Å². The zero-order valence-electron chi connectivity index (χ0n) is 18.2. The Morgan fingerprint density at radius 1 is 0.926 bits per heavy atom. The van der Waals surface area contributed by atoms with E-state index in [2.05, 4.69) is 13.0 Å². The lowest BCUT2D eigenvalue weighted by atomic mass is 9.97. The molecule has 158 valence electrons. The molecule has 0 aliphatic rings. The number of allylic oxidation sites excluding steroid dienone is 3. The zero-order valence-corrected chi connectivity index (χ0v) is 18.2. The maximum absolute atomic E-state index is 10.9. The van der Waals surface area contributed by atoms with Crippen LogP contribution in [0.1, 0.15) is 84.0 Å². The summed E-state index contributed by atoms with van der Waals surface area (Å²) in [6.45, 7) is 2.58. The Labute approximate surface area is 167 Å². The lowest BCUT2D eigenvalue weighted by Gasteiger charge is -2.34. The quantitative estimate of drug-likeness (QED) is 0.235. The second kappa shape index (κ2) is 14.9. The van der Waals surface area contributed by atoms with Gasteiger partial charge in [-0.15, -0.1) is 0 Å². The van der Waals surface area contributed by atoms with Crippen LogP contribution in [0.5, 0.6) is 0 Å². The molecule has 0 spiro atoms. The molecule has 4 nitrogen and oxygen atoms in total. The van der Waals surface area contributed by atoms with E-state index in [1.54, 1.807) is 12.2 Å². The standard InChI is InChI=1S/C23H43NO3/c1-5-6-7-8-9-10-11-12-13-14-15-16-17-18-19-23(27,20-22(25)26)21-24(2,3)4/h16-19,27H,5-15,20-21H2,1-4H3/t23-/m1/s1. The van der Waals surface area contributed by atoms with Crippen LogP contribution in [0.3, 0.4) is 0 Å². The van der Waals surface area contributed by atoms with Gasteiger partial charge in [-0.1, -0.05) is 82.9 Å². The molecule has 0 heterocycles. The van der Waals surface area contributed by atoms with Crippen LogP contribution < -0.4 is 5.11 Å². The SMILES string of the molecule is CCCCCCCCCCCCC=CC=C[C@@](O)(CC(=O)[O-])C[N+](C)(C)C. The lowest BCUT2D eigenvalue weighted by molar-refractivity contribution is -0.876. The van der Waals surface area contributed by atoms with Gasteiger partial charge in [-0.25, -0.2) is 0 Å². The summed E-state index contributed by atoms with van der Waals surface area (Å²) in [6, 6.07) is 0. The first-order valence-electron chi connectivity index (χ1n) is 10.8. The van der Waals surface area contributed by atoms with Gasteiger partial charge in [0.25, 0.3) is 0 Å². The monoisotopic (exact) mass is 381 g/mol. The van der Waals surface area contributed by atoms with Gasteiger partial charge in [0.05, 0.1) is 21.1 Å². The smallest absolute Gasteiger partial charge is 0.137 e. The molecule has 0 bridgehead atoms. The van der Waals surface area contributed by atoms with Gasteiger partial charge in [0, 0.05) is 12.4 Å². The van der Waals surface area contributed by atoms with Crippen LogP contribution in [0, 0.1) is 0 Å². The molecule has 0 amide bonds. The number of carboxylic acid groups (broad SMARTS) is 1. The Morgan fingerprint density at radius 2 is 1.44 bits per heavy atom. The fourth-order valence-corrected chi connectivity index (χ4v) is 3.40. The number of aliphatic carboxylic acids is 1. The molecular formula is C23H43NO3. The van der Waals surface area contributed by atoms with Gasteiger partial charge in [-0.3, -0.25) is 0 Å². The molecule has 0 saturated carbocycles. The first-order chi connectivity index (χ1) is 12.7. The van der Waals surface area contributed by atoms with Crippen molar-refractivity contribution in [3.05, 3.63) is 24.3 Å². The third-order valence-electron chi connectivity index (χ3n) is 4.58. The molecule has 0 aliphatic heterocycles. The van der Waals surface area contributed by atoms with Crippen molar-refractivity contribution in [2.24, 2.45) is 0 Å². The van der Waals surface area contributed by atoms with Crippen molar-refractivity contribution in [2.75, 3.05) is 27.7 Å². The maximum atomic E-state index is 10.9. The number of rotatable bonds is 17. The third kappa shape index (κ3) is 18.0. The Balaban J connectivity index is 3.93. The van der Waals surface area contributed by atoms with Gasteiger partial charge >= 0.3 is 0 Å². The van der Waals surface area contributed by atoms with E-state index in [4.69, 9.17) is 0 Å². The third-order valence-corrected chi connectivity index (χ3v) is 4.58. The van der Waals surface area contributed by atoms with Crippen molar-refractivity contribution in [1.29, 1.82) is 0 Å². The van der Waals surface area contributed by atoms with Gasteiger partial charge < -0.3 is 19.5 Å². The van der Waals surface area contributed by atoms with Crippen LogP contribution >= 0.6 is 0 Å². The number of quaternary nitrogens is 1. The minimum atomic E-state index is -1.38. The predicted molar refractivity (Wildman–Crippen MR) is 112 cm³/mol. The maximum Gasteiger partial charge on any atom is 0.137 e. The number of aliphatic hydroxyl groups is 1. The number of nitrogens with zero attached hydrogens (tertiary/aromatic N) is 1. The Hall–Kier alpha value is -1.13. The highest BCUT2D eigenvalue weighted by atomic mass is 16.4. The van der Waals surface area contributed by atoms with E-state index in [-0.39, 0.29) is 6.42 Å². The normalized spacial score (nSPS) is 14.9. The van der Waals surface area contributed by atoms with E-state index >= 15 is 0 Å². The summed E-state index contributed by atoms with van der Waals surface area (Å²) < 4.78 is 0.483. The Morgan fingerprint density at radius 3 is 1.93 bits per heavy atom. The van der Waals surface area contributed by atoms with Crippen LogP contribution in [-0.2, 0) is 4.79 Å².